The lowest BCUT2D eigenvalue weighted by Gasteiger charge is -2.15. The van der Waals surface area contributed by atoms with E-state index >= 15 is 0 Å². The van der Waals surface area contributed by atoms with Gasteiger partial charge in [0.05, 0.1) is 33.7 Å². The summed E-state index contributed by atoms with van der Waals surface area (Å²) in [4.78, 5) is 4.42. The molecule has 0 aliphatic rings. The molecular weight excluding hydrogens is 258 g/mol. The van der Waals surface area contributed by atoms with E-state index in [2.05, 4.69) is 15.5 Å². The molecule has 1 unspecified atom stereocenters. The van der Waals surface area contributed by atoms with Gasteiger partial charge in [0.15, 0.2) is 0 Å². The van der Waals surface area contributed by atoms with Gasteiger partial charge in [-0.1, -0.05) is 11.6 Å². The second-order valence-corrected chi connectivity index (χ2v) is 5.25. The highest BCUT2D eigenvalue weighted by atomic mass is 35.5. The van der Waals surface area contributed by atoms with Crippen LogP contribution in [0.3, 0.4) is 0 Å². The van der Waals surface area contributed by atoms with E-state index < -0.39 is 0 Å². The summed E-state index contributed by atoms with van der Waals surface area (Å²) in [6.07, 6.45) is 2.31. The Morgan fingerprint density at radius 3 is 2.88 bits per heavy atom. The Morgan fingerprint density at radius 1 is 1.65 bits per heavy atom. The largest absolute Gasteiger partial charge is 0.271 e. The van der Waals surface area contributed by atoms with Crippen LogP contribution in [-0.4, -0.2) is 14.8 Å². The van der Waals surface area contributed by atoms with E-state index in [1.165, 1.54) is 0 Å². The summed E-state index contributed by atoms with van der Waals surface area (Å²) in [5.41, 5.74) is 4.65. The number of rotatable bonds is 4. The number of thiazole rings is 1. The molecule has 0 bridgehead atoms. The number of hydrazine groups is 1. The highest BCUT2D eigenvalue weighted by Gasteiger charge is 2.19. The van der Waals surface area contributed by atoms with Gasteiger partial charge in [-0.3, -0.25) is 16.0 Å². The molecule has 17 heavy (non-hydrogen) atoms. The maximum Gasteiger partial charge on any atom is 0.0897 e. The molecule has 0 amide bonds. The second kappa shape index (κ2) is 5.14. The quantitative estimate of drug-likeness (QED) is 0.654. The molecule has 92 valence electrons. The average Bonchev–Trinajstić information content (AvgIpc) is 2.84. The lowest BCUT2D eigenvalue weighted by Crippen LogP contribution is -2.31. The lowest BCUT2D eigenvalue weighted by molar-refractivity contribution is 0.505. The first-order chi connectivity index (χ1) is 8.11. The van der Waals surface area contributed by atoms with E-state index in [1.54, 1.807) is 22.2 Å². The van der Waals surface area contributed by atoms with Crippen molar-refractivity contribution in [1.29, 1.82) is 0 Å². The molecule has 0 saturated carbocycles. The maximum atomic E-state index is 6.09. The predicted octanol–water partition coefficient (Wildman–Crippen LogP) is 1.59. The van der Waals surface area contributed by atoms with Crippen LogP contribution in [0.15, 0.2) is 11.6 Å². The molecule has 0 aliphatic carbocycles. The Bertz CT molecular complexity index is 487. The zero-order valence-electron chi connectivity index (χ0n) is 9.64. The summed E-state index contributed by atoms with van der Waals surface area (Å²) in [5.74, 6) is 5.58. The van der Waals surface area contributed by atoms with Gasteiger partial charge in [-0.15, -0.1) is 11.3 Å². The molecule has 0 aromatic carbocycles. The first kappa shape index (κ1) is 12.5. The monoisotopic (exact) mass is 271 g/mol. The van der Waals surface area contributed by atoms with E-state index in [-0.39, 0.29) is 6.04 Å². The van der Waals surface area contributed by atoms with Crippen LogP contribution in [-0.2, 0) is 13.5 Å². The van der Waals surface area contributed by atoms with Crippen LogP contribution in [0.25, 0.3) is 0 Å². The number of hydrogen-bond acceptors (Lipinski definition) is 5. The van der Waals surface area contributed by atoms with Gasteiger partial charge in [0.2, 0.25) is 0 Å². The Kier molecular flexibility index (Phi) is 3.78. The van der Waals surface area contributed by atoms with Gasteiger partial charge in [-0.25, -0.2) is 4.98 Å². The van der Waals surface area contributed by atoms with Gasteiger partial charge in [0.25, 0.3) is 0 Å². The fourth-order valence-corrected chi connectivity index (χ4v) is 2.68. The van der Waals surface area contributed by atoms with Gasteiger partial charge in [0, 0.05) is 18.8 Å². The molecule has 2 aromatic heterocycles. The number of aromatic nitrogens is 3. The van der Waals surface area contributed by atoms with E-state index in [1.807, 2.05) is 19.4 Å². The van der Waals surface area contributed by atoms with E-state index in [4.69, 9.17) is 17.4 Å². The topological polar surface area (TPSA) is 68.8 Å². The third kappa shape index (κ3) is 2.66. The van der Waals surface area contributed by atoms with Crippen molar-refractivity contribution in [2.24, 2.45) is 12.9 Å². The predicted molar refractivity (Wildman–Crippen MR) is 68.8 cm³/mol. The van der Waals surface area contributed by atoms with Gasteiger partial charge in [-0.05, 0) is 6.92 Å². The number of nitrogens with two attached hydrogens (primary N) is 1. The van der Waals surface area contributed by atoms with Crippen molar-refractivity contribution < 1.29 is 0 Å². The third-order valence-corrected chi connectivity index (χ3v) is 3.66. The Hall–Kier alpha value is -0.950. The van der Waals surface area contributed by atoms with Crippen molar-refractivity contribution in [1.82, 2.24) is 20.2 Å². The molecule has 0 fully saturated rings. The van der Waals surface area contributed by atoms with Crippen LogP contribution in [0.4, 0.5) is 0 Å². The molecule has 5 nitrogen and oxygen atoms in total. The average molecular weight is 272 g/mol. The molecule has 2 aromatic rings. The van der Waals surface area contributed by atoms with Crippen molar-refractivity contribution >= 4 is 22.9 Å². The maximum absolute atomic E-state index is 6.09. The Balaban J connectivity index is 2.22. The SMILES string of the molecule is Cc1nc(CC(NN)c2c(Cl)cnn2C)cs1. The van der Waals surface area contributed by atoms with Crippen LogP contribution in [0.2, 0.25) is 5.02 Å². The number of aryl methyl sites for hydroxylation is 2. The number of hydrogen-bond donors (Lipinski definition) is 2. The first-order valence-electron chi connectivity index (χ1n) is 5.16. The zero-order chi connectivity index (χ0) is 12.4. The van der Waals surface area contributed by atoms with Gasteiger partial charge in [-0.2, -0.15) is 5.10 Å². The minimum atomic E-state index is -0.0866. The molecule has 2 rings (SSSR count). The summed E-state index contributed by atoms with van der Waals surface area (Å²) < 4.78 is 1.73. The zero-order valence-corrected chi connectivity index (χ0v) is 11.2. The molecule has 7 heteroatoms. The highest BCUT2D eigenvalue weighted by Crippen LogP contribution is 2.24. The minimum absolute atomic E-state index is 0.0866. The minimum Gasteiger partial charge on any atom is -0.271 e. The van der Waals surface area contributed by atoms with E-state index in [0.717, 1.165) is 16.4 Å². The van der Waals surface area contributed by atoms with E-state index in [0.29, 0.717) is 11.4 Å². The molecule has 0 aliphatic heterocycles. The summed E-state index contributed by atoms with van der Waals surface area (Å²) in [7, 11) is 1.85. The Morgan fingerprint density at radius 2 is 2.41 bits per heavy atom. The van der Waals surface area contributed by atoms with Crippen molar-refractivity contribution in [2.45, 2.75) is 19.4 Å². The summed E-state index contributed by atoms with van der Waals surface area (Å²) in [6.45, 7) is 1.98. The standard InChI is InChI=1S/C10H14ClN5S/c1-6-14-7(5-17-6)3-9(15-12)10-8(11)4-13-16(10)2/h4-5,9,15H,3,12H2,1-2H3. The summed E-state index contributed by atoms with van der Waals surface area (Å²) >= 11 is 7.72. The number of nitrogens with zero attached hydrogens (tertiary/aromatic N) is 3. The smallest absolute Gasteiger partial charge is 0.0897 e. The number of nitrogens with one attached hydrogen (secondary N) is 1. The molecule has 2 heterocycles. The second-order valence-electron chi connectivity index (χ2n) is 3.78. The van der Waals surface area contributed by atoms with Crippen molar-refractivity contribution in [2.75, 3.05) is 0 Å². The van der Waals surface area contributed by atoms with Gasteiger partial charge in [0.1, 0.15) is 0 Å². The Labute approximate surface area is 109 Å². The molecule has 0 radical (unpaired) electrons. The third-order valence-electron chi connectivity index (χ3n) is 2.55. The number of halogens is 1. The summed E-state index contributed by atoms with van der Waals surface area (Å²) in [6, 6.07) is -0.0866. The van der Waals surface area contributed by atoms with Crippen LogP contribution in [0.1, 0.15) is 22.4 Å². The first-order valence-corrected chi connectivity index (χ1v) is 6.42. The molecule has 0 saturated heterocycles. The normalized spacial score (nSPS) is 12.9. The van der Waals surface area contributed by atoms with Crippen molar-refractivity contribution in [3.05, 3.63) is 33.0 Å². The van der Waals surface area contributed by atoms with Crippen LogP contribution >= 0.6 is 22.9 Å². The molecule has 3 N–H and O–H groups in total. The molecule has 0 spiro atoms. The van der Waals surface area contributed by atoms with Crippen LogP contribution < -0.4 is 11.3 Å². The van der Waals surface area contributed by atoms with Crippen LogP contribution in [0, 0.1) is 6.92 Å². The van der Waals surface area contributed by atoms with Crippen molar-refractivity contribution in [3.8, 4) is 0 Å². The fraction of sp³-hybridized carbons (Fsp3) is 0.400. The molecule has 1 atom stereocenters. The lowest BCUT2D eigenvalue weighted by atomic mass is 10.1. The summed E-state index contributed by atoms with van der Waals surface area (Å²) in [5, 5.41) is 7.80. The van der Waals surface area contributed by atoms with E-state index in [9.17, 15) is 0 Å². The van der Waals surface area contributed by atoms with Gasteiger partial charge < -0.3 is 0 Å². The fourth-order valence-electron chi connectivity index (χ4n) is 1.76. The van der Waals surface area contributed by atoms with Crippen molar-refractivity contribution in [3.63, 3.8) is 0 Å². The highest BCUT2D eigenvalue weighted by molar-refractivity contribution is 7.09. The van der Waals surface area contributed by atoms with Gasteiger partial charge >= 0.3 is 0 Å². The van der Waals surface area contributed by atoms with Crippen LogP contribution in [0.5, 0.6) is 0 Å². The molecular formula is C10H14ClN5S.